The predicted molar refractivity (Wildman–Crippen MR) is 82.9 cm³/mol. The average molecular weight is 337 g/mol. The summed E-state index contributed by atoms with van der Waals surface area (Å²) in [7, 11) is 1.50. The van der Waals surface area contributed by atoms with Crippen LogP contribution in [0.1, 0.15) is 11.1 Å². The Morgan fingerprint density at radius 1 is 1.21 bits per heavy atom. The van der Waals surface area contributed by atoms with Crippen LogP contribution in [0.4, 0.5) is 13.6 Å². The van der Waals surface area contributed by atoms with E-state index in [0.717, 1.165) is 5.56 Å². The van der Waals surface area contributed by atoms with Gasteiger partial charge in [0.1, 0.15) is 5.75 Å². The second-order valence-electron chi connectivity index (χ2n) is 4.73. The number of benzene rings is 1. The first-order valence-corrected chi connectivity index (χ1v) is 7.12. The van der Waals surface area contributed by atoms with E-state index >= 15 is 0 Å². The zero-order valence-corrected chi connectivity index (χ0v) is 13.0. The minimum Gasteiger partial charge on any atom is -0.481 e. The maximum Gasteiger partial charge on any atom is 0.387 e. The first-order chi connectivity index (χ1) is 11.6. The van der Waals surface area contributed by atoms with E-state index in [1.807, 2.05) is 0 Å². The van der Waals surface area contributed by atoms with Crippen molar-refractivity contribution in [3.63, 3.8) is 0 Å². The molecule has 2 aromatic rings. The van der Waals surface area contributed by atoms with Gasteiger partial charge in [-0.25, -0.2) is 9.78 Å². The highest BCUT2D eigenvalue weighted by molar-refractivity contribution is 5.73. The number of ether oxygens (including phenoxy) is 2. The number of hydrogen-bond acceptors (Lipinski definition) is 4. The number of nitrogens with one attached hydrogen (secondary N) is 2. The fourth-order valence-electron chi connectivity index (χ4n) is 1.99. The topological polar surface area (TPSA) is 72.5 Å². The smallest absolute Gasteiger partial charge is 0.387 e. The lowest BCUT2D eigenvalue weighted by Crippen LogP contribution is -2.34. The highest BCUT2D eigenvalue weighted by atomic mass is 19.3. The van der Waals surface area contributed by atoms with Gasteiger partial charge in [-0.15, -0.1) is 0 Å². The fourth-order valence-corrected chi connectivity index (χ4v) is 1.99. The summed E-state index contributed by atoms with van der Waals surface area (Å²) in [5.74, 6) is 0.486. The van der Waals surface area contributed by atoms with Crippen LogP contribution >= 0.6 is 0 Å². The summed E-state index contributed by atoms with van der Waals surface area (Å²) in [4.78, 5) is 15.9. The minimum absolute atomic E-state index is 0.0461. The molecule has 2 amide bonds. The number of alkyl halides is 2. The van der Waals surface area contributed by atoms with Gasteiger partial charge in [0.15, 0.2) is 0 Å². The highest BCUT2D eigenvalue weighted by Gasteiger charge is 2.07. The van der Waals surface area contributed by atoms with E-state index in [1.54, 1.807) is 30.5 Å². The number of nitrogens with zero attached hydrogens (tertiary/aromatic N) is 1. The lowest BCUT2D eigenvalue weighted by atomic mass is 10.2. The van der Waals surface area contributed by atoms with Crippen LogP contribution in [0.15, 0.2) is 42.6 Å². The summed E-state index contributed by atoms with van der Waals surface area (Å²) >= 11 is 0. The van der Waals surface area contributed by atoms with Gasteiger partial charge in [-0.2, -0.15) is 8.78 Å². The molecule has 2 rings (SSSR count). The first-order valence-electron chi connectivity index (χ1n) is 7.12. The summed E-state index contributed by atoms with van der Waals surface area (Å²) in [6.45, 7) is -2.46. The molecule has 0 radical (unpaired) electrons. The molecule has 0 saturated carbocycles. The Labute approximate surface area is 137 Å². The molecule has 0 atom stereocenters. The van der Waals surface area contributed by atoms with E-state index in [9.17, 15) is 13.6 Å². The summed E-state index contributed by atoms with van der Waals surface area (Å²) in [5.41, 5.74) is 1.38. The molecule has 128 valence electrons. The molecule has 2 N–H and O–H groups in total. The summed E-state index contributed by atoms with van der Waals surface area (Å²) in [6.07, 6.45) is 1.59. The van der Waals surface area contributed by atoms with Crippen molar-refractivity contribution >= 4 is 6.03 Å². The molecule has 6 nitrogen and oxygen atoms in total. The van der Waals surface area contributed by atoms with Gasteiger partial charge in [0.25, 0.3) is 0 Å². The van der Waals surface area contributed by atoms with Crippen LogP contribution in [-0.2, 0) is 13.1 Å². The molecule has 1 aromatic carbocycles. The van der Waals surface area contributed by atoms with Crippen LogP contribution in [0.2, 0.25) is 0 Å². The maximum absolute atomic E-state index is 12.2. The van der Waals surface area contributed by atoms with E-state index in [1.165, 1.54) is 19.2 Å². The van der Waals surface area contributed by atoms with Crippen molar-refractivity contribution in [2.45, 2.75) is 19.7 Å². The summed E-state index contributed by atoms with van der Waals surface area (Å²) in [6, 6.07) is 9.26. The maximum atomic E-state index is 12.2. The number of halogens is 2. The molecule has 0 aliphatic rings. The second kappa shape index (κ2) is 8.66. The number of hydrogen-bond donors (Lipinski definition) is 2. The van der Waals surface area contributed by atoms with Crippen LogP contribution in [0.3, 0.4) is 0 Å². The molecular formula is C16H17F2N3O3. The molecule has 24 heavy (non-hydrogen) atoms. The van der Waals surface area contributed by atoms with Gasteiger partial charge in [-0.05, 0) is 23.8 Å². The van der Waals surface area contributed by atoms with Crippen LogP contribution < -0.4 is 20.1 Å². The molecular weight excluding hydrogens is 320 g/mol. The molecule has 0 spiro atoms. The predicted octanol–water partition coefficient (Wildman–Crippen LogP) is 2.69. The van der Waals surface area contributed by atoms with E-state index in [2.05, 4.69) is 20.4 Å². The van der Waals surface area contributed by atoms with Gasteiger partial charge < -0.3 is 20.1 Å². The van der Waals surface area contributed by atoms with Crippen molar-refractivity contribution in [3.05, 3.63) is 53.7 Å². The molecule has 1 heterocycles. The summed E-state index contributed by atoms with van der Waals surface area (Å²) < 4.78 is 33.7. The Balaban J connectivity index is 1.83. The number of aromatic nitrogens is 1. The Hall–Kier alpha value is -2.90. The van der Waals surface area contributed by atoms with Crippen LogP contribution in [0.5, 0.6) is 11.6 Å². The number of amides is 2. The van der Waals surface area contributed by atoms with Crippen molar-refractivity contribution in [3.8, 4) is 11.6 Å². The zero-order chi connectivity index (χ0) is 17.4. The SMILES string of the molecule is COc1ncccc1CNC(=O)NCc1cccc(OC(F)F)c1. The third-order valence-electron chi connectivity index (χ3n) is 3.06. The zero-order valence-electron chi connectivity index (χ0n) is 13.0. The van der Waals surface area contributed by atoms with Crippen molar-refractivity contribution in [2.75, 3.05) is 7.11 Å². The lowest BCUT2D eigenvalue weighted by Gasteiger charge is -2.10. The van der Waals surface area contributed by atoms with Gasteiger partial charge in [0, 0.05) is 24.8 Å². The number of urea groups is 1. The fraction of sp³-hybridized carbons (Fsp3) is 0.250. The molecule has 0 aliphatic heterocycles. The van der Waals surface area contributed by atoms with E-state index < -0.39 is 12.6 Å². The van der Waals surface area contributed by atoms with Crippen molar-refractivity contribution < 1.29 is 23.0 Å². The largest absolute Gasteiger partial charge is 0.481 e. The monoisotopic (exact) mass is 337 g/mol. The van der Waals surface area contributed by atoms with Crippen LogP contribution in [0.25, 0.3) is 0 Å². The van der Waals surface area contributed by atoms with Gasteiger partial charge >= 0.3 is 12.6 Å². The third-order valence-corrected chi connectivity index (χ3v) is 3.06. The van der Waals surface area contributed by atoms with Crippen molar-refractivity contribution in [1.82, 2.24) is 15.6 Å². The van der Waals surface area contributed by atoms with Gasteiger partial charge in [-0.3, -0.25) is 0 Å². The quantitative estimate of drug-likeness (QED) is 0.815. The second-order valence-corrected chi connectivity index (χ2v) is 4.73. The minimum atomic E-state index is -2.88. The molecule has 8 heteroatoms. The van der Waals surface area contributed by atoms with E-state index in [4.69, 9.17) is 4.74 Å². The lowest BCUT2D eigenvalue weighted by molar-refractivity contribution is -0.0498. The molecule has 0 fully saturated rings. The average Bonchev–Trinajstić information content (AvgIpc) is 2.58. The van der Waals surface area contributed by atoms with Crippen LogP contribution in [-0.4, -0.2) is 24.7 Å². The molecule has 0 unspecified atom stereocenters. The Bertz CT molecular complexity index is 683. The van der Waals surface area contributed by atoms with Gasteiger partial charge in [-0.1, -0.05) is 18.2 Å². The molecule has 0 saturated heterocycles. The highest BCUT2D eigenvalue weighted by Crippen LogP contribution is 2.16. The first kappa shape index (κ1) is 17.5. The van der Waals surface area contributed by atoms with Gasteiger partial charge in [0.2, 0.25) is 5.88 Å². The number of rotatable bonds is 7. The van der Waals surface area contributed by atoms with E-state index in [-0.39, 0.29) is 18.8 Å². The van der Waals surface area contributed by atoms with Crippen molar-refractivity contribution in [1.29, 1.82) is 0 Å². The van der Waals surface area contributed by atoms with Gasteiger partial charge in [0.05, 0.1) is 7.11 Å². The number of carbonyl (C=O) groups is 1. The standard InChI is InChI=1S/C16H17F2N3O3/c1-23-14-12(5-3-7-19-14)10-21-16(22)20-9-11-4-2-6-13(8-11)24-15(17)18/h2-8,15H,9-10H2,1H3,(H2,20,21,22). The Kier molecular flexibility index (Phi) is 6.30. The van der Waals surface area contributed by atoms with Crippen molar-refractivity contribution in [2.24, 2.45) is 0 Å². The van der Waals surface area contributed by atoms with E-state index in [0.29, 0.717) is 11.4 Å². The summed E-state index contributed by atoms with van der Waals surface area (Å²) in [5, 5.41) is 5.30. The number of methoxy groups -OCH3 is 1. The van der Waals surface area contributed by atoms with Crippen LogP contribution in [0, 0.1) is 0 Å². The third kappa shape index (κ3) is 5.38. The Morgan fingerprint density at radius 2 is 2.00 bits per heavy atom. The number of carbonyl (C=O) groups excluding carboxylic acids is 1. The normalized spacial score (nSPS) is 10.3. The molecule has 0 bridgehead atoms. The Morgan fingerprint density at radius 3 is 2.75 bits per heavy atom. The molecule has 0 aliphatic carbocycles. The molecule has 1 aromatic heterocycles. The number of pyridine rings is 1.